The number of thiazole rings is 1. The predicted octanol–water partition coefficient (Wildman–Crippen LogP) is 8.86. The van der Waals surface area contributed by atoms with Crippen molar-refractivity contribution in [1.29, 1.82) is 0 Å². The van der Waals surface area contributed by atoms with Crippen molar-refractivity contribution >= 4 is 62.7 Å². The molecule has 0 unspecified atom stereocenters. The number of thioether (sulfide) groups is 2. The second kappa shape index (κ2) is 17.0. The van der Waals surface area contributed by atoms with Crippen molar-refractivity contribution in [1.82, 2.24) is 5.32 Å². The van der Waals surface area contributed by atoms with Gasteiger partial charge in [0.2, 0.25) is 11.4 Å². The van der Waals surface area contributed by atoms with Gasteiger partial charge in [0, 0.05) is 59.8 Å². The van der Waals surface area contributed by atoms with E-state index in [0.29, 0.717) is 13.0 Å². The standard InChI is InChI=1S/C33H41N3OS3.C2H6/c1-6-31(37)34-20-12-21-35-27-19-18-25(39-5)24-26(27)33(2,3)30(35)16-8-7-9-17-32-36(22-13-23-38-4)28-14-10-11-15-29(28)40-32;1-2/h7-11,14-19,24H,6,12-13,20-23H2,1-5H3;1-2H3/p+1. The number of aryl methyl sites for hydroxylation is 1. The number of nitrogens with zero attached hydrogens (tertiary/aromatic N) is 2. The second-order valence-corrected chi connectivity index (χ2v) is 13.3. The fraction of sp³-hybridized carbons (Fsp3) is 0.429. The molecular formula is C35H48N3OS3+. The number of amides is 1. The maximum absolute atomic E-state index is 11.7. The lowest BCUT2D eigenvalue weighted by Crippen LogP contribution is -2.35. The van der Waals surface area contributed by atoms with E-state index in [-0.39, 0.29) is 11.3 Å². The Morgan fingerprint density at radius 1 is 1.07 bits per heavy atom. The van der Waals surface area contributed by atoms with Gasteiger partial charge in [0.15, 0.2) is 6.54 Å². The van der Waals surface area contributed by atoms with Crippen LogP contribution in [0, 0.1) is 0 Å². The van der Waals surface area contributed by atoms with Gasteiger partial charge >= 0.3 is 0 Å². The van der Waals surface area contributed by atoms with E-state index >= 15 is 0 Å². The lowest BCUT2D eigenvalue weighted by atomic mass is 9.83. The number of carbonyl (C=O) groups excluding carboxylic acids is 1. The van der Waals surface area contributed by atoms with Crippen molar-refractivity contribution in [2.45, 2.75) is 70.7 Å². The summed E-state index contributed by atoms with van der Waals surface area (Å²) in [6.07, 6.45) is 17.9. The average Bonchev–Trinajstić information content (AvgIpc) is 3.46. The fourth-order valence-corrected chi connectivity index (χ4v) is 7.19. The van der Waals surface area contributed by atoms with Crippen LogP contribution in [0.15, 0.2) is 77.4 Å². The Bertz CT molecular complexity index is 1400. The molecular weight excluding hydrogens is 575 g/mol. The first-order valence-corrected chi connectivity index (χ1v) is 18.5. The zero-order valence-electron chi connectivity index (χ0n) is 26.4. The molecule has 0 bridgehead atoms. The van der Waals surface area contributed by atoms with E-state index in [4.69, 9.17) is 0 Å². The van der Waals surface area contributed by atoms with Gasteiger partial charge in [-0.3, -0.25) is 4.79 Å². The molecule has 1 aliphatic heterocycles. The van der Waals surface area contributed by atoms with Crippen LogP contribution in [0.25, 0.3) is 16.3 Å². The number of carbonyl (C=O) groups is 1. The highest BCUT2D eigenvalue weighted by atomic mass is 32.2. The van der Waals surface area contributed by atoms with Crippen LogP contribution in [-0.4, -0.2) is 37.3 Å². The van der Waals surface area contributed by atoms with Crippen LogP contribution in [0.1, 0.15) is 64.5 Å². The summed E-state index contributed by atoms with van der Waals surface area (Å²) >= 11 is 5.55. The highest BCUT2D eigenvalue weighted by molar-refractivity contribution is 7.98. The van der Waals surface area contributed by atoms with Crippen LogP contribution in [-0.2, 0) is 16.8 Å². The number of para-hydroxylation sites is 1. The minimum atomic E-state index is -0.104. The molecule has 0 aliphatic carbocycles. The molecule has 0 saturated heterocycles. The summed E-state index contributed by atoms with van der Waals surface area (Å²) in [5, 5.41) is 4.31. The molecule has 0 radical (unpaired) electrons. The number of hydrogen-bond donors (Lipinski definition) is 1. The van der Waals surface area contributed by atoms with E-state index in [2.05, 4.69) is 114 Å². The largest absolute Gasteiger partial charge is 0.356 e. The van der Waals surface area contributed by atoms with Crippen LogP contribution in [0.2, 0.25) is 0 Å². The number of benzene rings is 2. The monoisotopic (exact) mass is 622 g/mol. The molecule has 0 fully saturated rings. The quantitative estimate of drug-likeness (QED) is 0.0894. The van der Waals surface area contributed by atoms with Crippen molar-refractivity contribution < 1.29 is 9.36 Å². The molecule has 2 aromatic carbocycles. The smallest absolute Gasteiger partial charge is 0.262 e. The molecule has 1 aliphatic rings. The molecule has 4 nitrogen and oxygen atoms in total. The third-order valence-electron chi connectivity index (χ3n) is 7.38. The first kappa shape index (κ1) is 34.0. The molecule has 0 spiro atoms. The number of rotatable bonds is 13. The van der Waals surface area contributed by atoms with Gasteiger partial charge in [-0.2, -0.15) is 16.3 Å². The maximum atomic E-state index is 11.7. The fourth-order valence-electron chi connectivity index (χ4n) is 5.24. The molecule has 1 aromatic heterocycles. The normalized spacial score (nSPS) is 15.0. The molecule has 7 heteroatoms. The van der Waals surface area contributed by atoms with Crippen LogP contribution < -0.4 is 14.8 Å². The molecule has 42 heavy (non-hydrogen) atoms. The van der Waals surface area contributed by atoms with Crippen LogP contribution in [0.3, 0.4) is 0 Å². The number of anilines is 1. The molecule has 2 heterocycles. The topological polar surface area (TPSA) is 36.2 Å². The molecule has 3 aromatic rings. The van der Waals surface area contributed by atoms with E-state index in [9.17, 15) is 4.79 Å². The summed E-state index contributed by atoms with van der Waals surface area (Å²) in [7, 11) is 0. The first-order chi connectivity index (χ1) is 20.4. The Kier molecular flexibility index (Phi) is 13.7. The van der Waals surface area contributed by atoms with Gasteiger partial charge in [0.25, 0.3) is 5.01 Å². The van der Waals surface area contributed by atoms with Crippen molar-refractivity contribution in [2.24, 2.45) is 0 Å². The van der Waals surface area contributed by atoms with Crippen molar-refractivity contribution in [3.05, 3.63) is 83.0 Å². The van der Waals surface area contributed by atoms with E-state index in [0.717, 1.165) is 19.5 Å². The molecule has 4 rings (SSSR count). The van der Waals surface area contributed by atoms with E-state index in [1.54, 1.807) is 11.8 Å². The first-order valence-electron chi connectivity index (χ1n) is 15.1. The Hall–Kier alpha value is -2.48. The second-order valence-electron chi connectivity index (χ2n) is 10.4. The molecule has 1 amide bonds. The molecule has 0 saturated carbocycles. The lowest BCUT2D eigenvalue weighted by molar-refractivity contribution is -0.668. The van der Waals surface area contributed by atoms with Gasteiger partial charge in [-0.25, -0.2) is 0 Å². The number of aromatic nitrogens is 1. The van der Waals surface area contributed by atoms with E-state index in [1.165, 1.54) is 49.2 Å². The Morgan fingerprint density at radius 2 is 1.86 bits per heavy atom. The third kappa shape index (κ3) is 8.33. The summed E-state index contributed by atoms with van der Waals surface area (Å²) in [5.74, 6) is 1.28. The third-order valence-corrected chi connectivity index (χ3v) is 9.94. The number of nitrogens with one attached hydrogen (secondary N) is 1. The van der Waals surface area contributed by atoms with Gasteiger partial charge in [-0.15, -0.1) is 11.8 Å². The van der Waals surface area contributed by atoms with Gasteiger partial charge in [-0.05, 0) is 60.6 Å². The minimum Gasteiger partial charge on any atom is -0.356 e. The SMILES string of the molecule is CC.CCC(=O)NCCCN1\C(=C/C=C/C=C/c2sc3ccccc3[n+]2CCCSC)C(C)(C)c2cc(SC)ccc21. The van der Waals surface area contributed by atoms with Gasteiger partial charge in [0.1, 0.15) is 4.70 Å². The number of hydrogen-bond acceptors (Lipinski definition) is 5. The van der Waals surface area contributed by atoms with Crippen LogP contribution >= 0.6 is 34.9 Å². The van der Waals surface area contributed by atoms with Crippen molar-refractivity contribution in [3.63, 3.8) is 0 Å². The Morgan fingerprint density at radius 3 is 2.60 bits per heavy atom. The van der Waals surface area contributed by atoms with Gasteiger partial charge in [-0.1, -0.05) is 76.3 Å². The van der Waals surface area contributed by atoms with Crippen LogP contribution in [0.5, 0.6) is 0 Å². The van der Waals surface area contributed by atoms with Crippen LogP contribution in [0.4, 0.5) is 5.69 Å². The van der Waals surface area contributed by atoms with E-state index in [1.807, 2.05) is 43.9 Å². The van der Waals surface area contributed by atoms with Crippen molar-refractivity contribution in [3.8, 4) is 0 Å². The molecule has 0 atom stereocenters. The van der Waals surface area contributed by atoms with Gasteiger partial charge < -0.3 is 10.2 Å². The summed E-state index contributed by atoms with van der Waals surface area (Å²) in [6, 6.07) is 15.5. The number of fused-ring (bicyclic) bond motifs is 2. The van der Waals surface area contributed by atoms with Crippen molar-refractivity contribution in [2.75, 3.05) is 36.3 Å². The van der Waals surface area contributed by atoms with Gasteiger partial charge in [0.05, 0.1) is 0 Å². The summed E-state index contributed by atoms with van der Waals surface area (Å²) in [6.45, 7) is 13.1. The predicted molar refractivity (Wildman–Crippen MR) is 189 cm³/mol. The molecule has 226 valence electrons. The lowest BCUT2D eigenvalue weighted by Gasteiger charge is -2.27. The summed E-state index contributed by atoms with van der Waals surface area (Å²) < 4.78 is 3.79. The highest BCUT2D eigenvalue weighted by Crippen LogP contribution is 2.48. The van der Waals surface area contributed by atoms with E-state index < -0.39 is 0 Å². The Labute approximate surface area is 266 Å². The average molecular weight is 623 g/mol. The highest BCUT2D eigenvalue weighted by Gasteiger charge is 2.39. The Balaban J connectivity index is 0.00000237. The molecule has 1 N–H and O–H groups in total. The number of allylic oxidation sites excluding steroid dienone is 5. The maximum Gasteiger partial charge on any atom is 0.262 e. The zero-order chi connectivity index (χ0) is 30.5. The minimum absolute atomic E-state index is 0.104. The summed E-state index contributed by atoms with van der Waals surface area (Å²) in [4.78, 5) is 15.5. The zero-order valence-corrected chi connectivity index (χ0v) is 28.9. The summed E-state index contributed by atoms with van der Waals surface area (Å²) in [5.41, 5.74) is 5.15.